The lowest BCUT2D eigenvalue weighted by molar-refractivity contribution is -0.0231. The Balaban J connectivity index is 2.01. The van der Waals surface area contributed by atoms with Gasteiger partial charge in [0.25, 0.3) is 0 Å². The molecule has 3 nitrogen and oxygen atoms in total. The van der Waals surface area contributed by atoms with Gasteiger partial charge in [-0.1, -0.05) is 48.5 Å². The van der Waals surface area contributed by atoms with Crippen LogP contribution < -0.4 is 5.32 Å². The number of thiocarbonyl (C=S) groups is 1. The largest absolute Gasteiger partial charge is 0.345 e. The number of nitrogens with zero attached hydrogens (tertiary/aromatic N) is 1. The molecule has 100 valence electrons. The predicted octanol–water partition coefficient (Wildman–Crippen LogP) is 2.93. The van der Waals surface area contributed by atoms with Crippen LogP contribution in [0.25, 0.3) is 0 Å². The molecule has 0 aromatic heterocycles. The Morgan fingerprint density at radius 3 is 2.65 bits per heavy atom. The molecule has 0 radical (unpaired) electrons. The molecule has 2 aliphatic heterocycles. The van der Waals surface area contributed by atoms with Gasteiger partial charge in [0.2, 0.25) is 0 Å². The summed E-state index contributed by atoms with van der Waals surface area (Å²) >= 11 is 5.53. The van der Waals surface area contributed by atoms with Gasteiger partial charge in [-0.05, 0) is 18.3 Å². The van der Waals surface area contributed by atoms with Gasteiger partial charge in [0.1, 0.15) is 0 Å². The highest BCUT2D eigenvalue weighted by molar-refractivity contribution is 7.80. The number of anilines is 1. The van der Waals surface area contributed by atoms with Crippen LogP contribution in [0.2, 0.25) is 0 Å². The molecule has 1 N–H and O–H groups in total. The van der Waals surface area contributed by atoms with Crippen molar-refractivity contribution in [3.8, 4) is 0 Å². The fraction of sp³-hybridized carbons (Fsp3) is 0.188. The second kappa shape index (κ2) is 4.30. The lowest BCUT2D eigenvalue weighted by Gasteiger charge is -2.44. The van der Waals surface area contributed by atoms with Crippen molar-refractivity contribution in [1.82, 2.24) is 4.90 Å². The summed E-state index contributed by atoms with van der Waals surface area (Å²) in [4.78, 5) is 2.14. The highest BCUT2D eigenvalue weighted by atomic mass is 32.1. The van der Waals surface area contributed by atoms with Gasteiger partial charge in [0.05, 0.1) is 6.61 Å². The van der Waals surface area contributed by atoms with E-state index in [9.17, 15) is 0 Å². The Labute approximate surface area is 123 Å². The Morgan fingerprint density at radius 2 is 1.80 bits per heavy atom. The van der Waals surface area contributed by atoms with Crippen LogP contribution in [-0.2, 0) is 10.5 Å². The van der Waals surface area contributed by atoms with E-state index in [0.717, 1.165) is 28.5 Å². The Bertz CT molecular complexity index is 673. The molecule has 20 heavy (non-hydrogen) atoms. The molecule has 1 saturated heterocycles. The van der Waals surface area contributed by atoms with Gasteiger partial charge >= 0.3 is 0 Å². The maximum Gasteiger partial charge on any atom is 0.197 e. The molecule has 2 aromatic carbocycles. The average molecular weight is 282 g/mol. The van der Waals surface area contributed by atoms with Crippen molar-refractivity contribution >= 4 is 23.0 Å². The molecule has 2 heterocycles. The van der Waals surface area contributed by atoms with Gasteiger partial charge in [-0.15, -0.1) is 0 Å². The zero-order chi connectivity index (χ0) is 13.6. The number of fused-ring (bicyclic) bond motifs is 3. The Kier molecular flexibility index (Phi) is 2.55. The van der Waals surface area contributed by atoms with E-state index in [2.05, 4.69) is 28.4 Å². The second-order valence-corrected chi connectivity index (χ2v) is 5.37. The fourth-order valence-electron chi connectivity index (χ4n) is 3.12. The van der Waals surface area contributed by atoms with Crippen molar-refractivity contribution in [3.63, 3.8) is 0 Å². The molecule has 0 saturated carbocycles. The molecule has 0 aliphatic carbocycles. The summed E-state index contributed by atoms with van der Waals surface area (Å²) in [7, 11) is 0. The summed E-state index contributed by atoms with van der Waals surface area (Å²) in [6, 6.07) is 18.5. The molecular formula is C16H14N2OS. The number of nitrogens with one attached hydrogen (secondary N) is 1. The molecule has 0 spiro atoms. The Hall–Kier alpha value is -1.91. The molecule has 2 aliphatic rings. The smallest absolute Gasteiger partial charge is 0.197 e. The number of hydrogen-bond donors (Lipinski definition) is 1. The monoisotopic (exact) mass is 282 g/mol. The summed E-state index contributed by atoms with van der Waals surface area (Å²) in [5.74, 6) is 0. The summed E-state index contributed by atoms with van der Waals surface area (Å²) in [6.07, 6.45) is 0. The molecule has 4 heteroatoms. The van der Waals surface area contributed by atoms with E-state index in [1.54, 1.807) is 0 Å². The minimum atomic E-state index is -0.583. The predicted molar refractivity (Wildman–Crippen MR) is 82.5 cm³/mol. The lowest BCUT2D eigenvalue weighted by atomic mass is 9.90. The minimum Gasteiger partial charge on any atom is -0.345 e. The lowest BCUT2D eigenvalue weighted by Crippen LogP contribution is -2.52. The van der Waals surface area contributed by atoms with E-state index in [-0.39, 0.29) is 0 Å². The third-order valence-electron chi connectivity index (χ3n) is 3.95. The van der Waals surface area contributed by atoms with Crippen LogP contribution in [0.15, 0.2) is 54.6 Å². The highest BCUT2D eigenvalue weighted by Gasteiger charge is 2.50. The van der Waals surface area contributed by atoms with E-state index >= 15 is 0 Å². The molecule has 1 unspecified atom stereocenters. The molecule has 0 amide bonds. The van der Waals surface area contributed by atoms with Crippen molar-refractivity contribution in [1.29, 1.82) is 0 Å². The highest BCUT2D eigenvalue weighted by Crippen LogP contribution is 2.46. The fourth-order valence-corrected chi connectivity index (χ4v) is 3.45. The van der Waals surface area contributed by atoms with Gasteiger partial charge in [0, 0.05) is 23.4 Å². The standard InChI is InChI=1S/C16H14N2OS/c20-15-17-14-9-5-4-8-13(14)16(18(15)10-11-19-16)12-6-2-1-3-7-12/h1-9H,10-11H2,(H,17,20). The quantitative estimate of drug-likeness (QED) is 0.813. The zero-order valence-electron chi connectivity index (χ0n) is 10.9. The number of rotatable bonds is 1. The number of benzene rings is 2. The molecule has 0 bridgehead atoms. The maximum absolute atomic E-state index is 6.23. The van der Waals surface area contributed by atoms with Crippen LogP contribution in [0.5, 0.6) is 0 Å². The topological polar surface area (TPSA) is 24.5 Å². The normalized spacial score (nSPS) is 24.0. The van der Waals surface area contributed by atoms with Crippen LogP contribution in [-0.4, -0.2) is 23.2 Å². The van der Waals surface area contributed by atoms with Gasteiger partial charge in [-0.2, -0.15) is 0 Å². The Morgan fingerprint density at radius 1 is 1.05 bits per heavy atom. The first-order valence-electron chi connectivity index (χ1n) is 6.70. The van der Waals surface area contributed by atoms with E-state index < -0.39 is 5.72 Å². The first-order chi connectivity index (χ1) is 9.82. The van der Waals surface area contributed by atoms with E-state index in [1.165, 1.54) is 0 Å². The van der Waals surface area contributed by atoms with Crippen molar-refractivity contribution in [2.45, 2.75) is 5.72 Å². The molecular weight excluding hydrogens is 268 g/mol. The molecule has 4 rings (SSSR count). The number of ether oxygens (including phenoxy) is 1. The van der Waals surface area contributed by atoms with Crippen LogP contribution in [0.4, 0.5) is 5.69 Å². The van der Waals surface area contributed by atoms with E-state index in [4.69, 9.17) is 17.0 Å². The first kappa shape index (κ1) is 11.9. The molecule has 1 atom stereocenters. The summed E-state index contributed by atoms with van der Waals surface area (Å²) < 4.78 is 6.23. The zero-order valence-corrected chi connectivity index (χ0v) is 11.7. The SMILES string of the molecule is S=C1Nc2ccccc2C2(c3ccccc3)OCCN12. The van der Waals surface area contributed by atoms with Crippen LogP contribution in [0.3, 0.4) is 0 Å². The third kappa shape index (κ3) is 1.46. The number of hydrogen-bond acceptors (Lipinski definition) is 2. The van der Waals surface area contributed by atoms with Gasteiger partial charge in [-0.25, -0.2) is 0 Å². The minimum absolute atomic E-state index is 0.583. The molecule has 1 fully saturated rings. The summed E-state index contributed by atoms with van der Waals surface area (Å²) in [5.41, 5.74) is 2.69. The number of para-hydroxylation sites is 1. The average Bonchev–Trinajstić information content (AvgIpc) is 2.95. The van der Waals surface area contributed by atoms with Crippen LogP contribution in [0, 0.1) is 0 Å². The van der Waals surface area contributed by atoms with Crippen molar-refractivity contribution in [2.24, 2.45) is 0 Å². The van der Waals surface area contributed by atoms with E-state index in [1.807, 2.05) is 36.4 Å². The van der Waals surface area contributed by atoms with Crippen LogP contribution in [0.1, 0.15) is 11.1 Å². The van der Waals surface area contributed by atoms with Crippen molar-refractivity contribution < 1.29 is 4.74 Å². The van der Waals surface area contributed by atoms with Gasteiger partial charge in [0.15, 0.2) is 10.8 Å². The summed E-state index contributed by atoms with van der Waals surface area (Å²) in [5, 5.41) is 4.03. The second-order valence-electron chi connectivity index (χ2n) is 4.99. The first-order valence-corrected chi connectivity index (χ1v) is 7.11. The van der Waals surface area contributed by atoms with Gasteiger partial charge < -0.3 is 15.0 Å². The van der Waals surface area contributed by atoms with Crippen LogP contribution >= 0.6 is 12.2 Å². The van der Waals surface area contributed by atoms with Crippen molar-refractivity contribution in [2.75, 3.05) is 18.5 Å². The maximum atomic E-state index is 6.23. The van der Waals surface area contributed by atoms with E-state index in [0.29, 0.717) is 6.61 Å². The summed E-state index contributed by atoms with van der Waals surface area (Å²) in [6.45, 7) is 1.47. The third-order valence-corrected chi connectivity index (χ3v) is 4.27. The molecule has 2 aromatic rings. The van der Waals surface area contributed by atoms with Gasteiger partial charge in [-0.3, -0.25) is 0 Å². The van der Waals surface area contributed by atoms with Crippen molar-refractivity contribution in [3.05, 3.63) is 65.7 Å².